The second-order valence-corrected chi connectivity index (χ2v) is 4.06. The highest BCUT2D eigenvalue weighted by Gasteiger charge is 2.48. The van der Waals surface area contributed by atoms with Crippen molar-refractivity contribution in [3.05, 3.63) is 0 Å². The van der Waals surface area contributed by atoms with E-state index in [4.69, 9.17) is 4.74 Å². The summed E-state index contributed by atoms with van der Waals surface area (Å²) in [6.45, 7) is 7.79. The van der Waals surface area contributed by atoms with Crippen LogP contribution < -0.4 is 0 Å². The second kappa shape index (κ2) is 2.46. The molecule has 2 saturated heterocycles. The van der Waals surface area contributed by atoms with E-state index in [9.17, 15) is 0 Å². The van der Waals surface area contributed by atoms with Gasteiger partial charge in [-0.3, -0.25) is 4.90 Å². The second-order valence-electron chi connectivity index (χ2n) is 4.06. The maximum Gasteiger partial charge on any atom is 0.0651 e. The lowest BCUT2D eigenvalue weighted by Gasteiger charge is -2.52. The van der Waals surface area contributed by atoms with Crippen LogP contribution in [0.15, 0.2) is 0 Å². The fourth-order valence-corrected chi connectivity index (χ4v) is 2.38. The average Bonchev–Trinajstić information content (AvgIpc) is 2.31. The minimum absolute atomic E-state index is 0.466. The van der Waals surface area contributed by atoms with Crippen molar-refractivity contribution in [1.82, 2.24) is 4.90 Å². The van der Waals surface area contributed by atoms with E-state index < -0.39 is 0 Å². The maximum atomic E-state index is 5.44. The topological polar surface area (TPSA) is 12.5 Å². The van der Waals surface area contributed by atoms with E-state index in [1.165, 1.54) is 19.4 Å². The SMILES string of the molecule is CC(C)N1CCC12CCOC2. The lowest BCUT2D eigenvalue weighted by atomic mass is 9.83. The quantitative estimate of drug-likeness (QED) is 0.565. The van der Waals surface area contributed by atoms with Crippen LogP contribution in [-0.4, -0.2) is 36.2 Å². The predicted octanol–water partition coefficient (Wildman–Crippen LogP) is 1.26. The summed E-state index contributed by atoms with van der Waals surface area (Å²) in [7, 11) is 0. The first-order chi connectivity index (χ1) is 5.25. The third-order valence-electron chi connectivity index (χ3n) is 3.13. The summed E-state index contributed by atoms with van der Waals surface area (Å²) in [6.07, 6.45) is 2.61. The predicted molar refractivity (Wildman–Crippen MR) is 44.6 cm³/mol. The average molecular weight is 155 g/mol. The molecule has 0 amide bonds. The van der Waals surface area contributed by atoms with Crippen LogP contribution in [0.1, 0.15) is 26.7 Å². The van der Waals surface area contributed by atoms with Gasteiger partial charge in [-0.25, -0.2) is 0 Å². The van der Waals surface area contributed by atoms with Crippen LogP contribution in [0, 0.1) is 0 Å². The molecule has 1 atom stereocenters. The normalized spacial score (nSPS) is 38.5. The smallest absolute Gasteiger partial charge is 0.0651 e. The molecular formula is C9H17NO. The molecule has 0 aromatic heterocycles. The van der Waals surface area contributed by atoms with Crippen molar-refractivity contribution in [3.63, 3.8) is 0 Å². The van der Waals surface area contributed by atoms with E-state index in [0.29, 0.717) is 11.6 Å². The largest absolute Gasteiger partial charge is 0.379 e. The highest BCUT2D eigenvalue weighted by Crippen LogP contribution is 2.39. The summed E-state index contributed by atoms with van der Waals surface area (Å²) in [5, 5.41) is 0. The van der Waals surface area contributed by atoms with Crippen molar-refractivity contribution in [1.29, 1.82) is 0 Å². The van der Waals surface area contributed by atoms with Gasteiger partial charge < -0.3 is 4.74 Å². The fraction of sp³-hybridized carbons (Fsp3) is 1.00. The Bertz CT molecular complexity index is 150. The van der Waals surface area contributed by atoms with Crippen molar-refractivity contribution in [2.45, 2.75) is 38.3 Å². The zero-order chi connectivity index (χ0) is 7.90. The first-order valence-corrected chi connectivity index (χ1v) is 4.59. The van der Waals surface area contributed by atoms with Crippen LogP contribution in [-0.2, 0) is 4.74 Å². The van der Waals surface area contributed by atoms with E-state index in [-0.39, 0.29) is 0 Å². The molecule has 1 unspecified atom stereocenters. The number of likely N-dealkylation sites (tertiary alicyclic amines) is 1. The van der Waals surface area contributed by atoms with E-state index in [0.717, 1.165) is 13.2 Å². The minimum atomic E-state index is 0.466. The number of nitrogens with zero attached hydrogens (tertiary/aromatic N) is 1. The molecule has 2 heteroatoms. The van der Waals surface area contributed by atoms with Crippen LogP contribution in [0.3, 0.4) is 0 Å². The molecule has 1 spiro atoms. The molecule has 64 valence electrons. The Hall–Kier alpha value is -0.0800. The molecule has 0 aromatic carbocycles. The Kier molecular flexibility index (Phi) is 1.69. The summed E-state index contributed by atoms with van der Waals surface area (Å²) in [4.78, 5) is 2.58. The van der Waals surface area contributed by atoms with Crippen LogP contribution in [0.2, 0.25) is 0 Å². The molecular weight excluding hydrogens is 138 g/mol. The van der Waals surface area contributed by atoms with Gasteiger partial charge in [0.25, 0.3) is 0 Å². The molecule has 2 heterocycles. The molecule has 11 heavy (non-hydrogen) atoms. The van der Waals surface area contributed by atoms with Crippen molar-refractivity contribution in [2.24, 2.45) is 0 Å². The molecule has 2 fully saturated rings. The van der Waals surface area contributed by atoms with Gasteiger partial charge in [-0.15, -0.1) is 0 Å². The Morgan fingerprint density at radius 2 is 2.18 bits per heavy atom. The molecule has 2 rings (SSSR count). The van der Waals surface area contributed by atoms with Crippen molar-refractivity contribution in [2.75, 3.05) is 19.8 Å². The maximum absolute atomic E-state index is 5.44. The number of hydrogen-bond acceptors (Lipinski definition) is 2. The van der Waals surface area contributed by atoms with Crippen molar-refractivity contribution < 1.29 is 4.74 Å². The van der Waals surface area contributed by atoms with Gasteiger partial charge in [0.2, 0.25) is 0 Å². The van der Waals surface area contributed by atoms with Gasteiger partial charge in [0.05, 0.1) is 6.61 Å². The molecule has 0 aliphatic carbocycles. The molecule has 2 nitrogen and oxygen atoms in total. The number of rotatable bonds is 1. The summed E-state index contributed by atoms with van der Waals surface area (Å²) in [6, 6.07) is 0.699. The summed E-state index contributed by atoms with van der Waals surface area (Å²) in [5.74, 6) is 0. The van der Waals surface area contributed by atoms with Crippen LogP contribution >= 0.6 is 0 Å². The molecule has 2 aliphatic heterocycles. The Morgan fingerprint density at radius 1 is 1.36 bits per heavy atom. The van der Waals surface area contributed by atoms with Gasteiger partial charge in [-0.05, 0) is 26.7 Å². The van der Waals surface area contributed by atoms with Gasteiger partial charge in [0.15, 0.2) is 0 Å². The first kappa shape index (κ1) is 7.56. The van der Waals surface area contributed by atoms with Gasteiger partial charge in [-0.2, -0.15) is 0 Å². The standard InChI is InChI=1S/C9H17NO/c1-8(2)10-5-3-9(10)4-6-11-7-9/h8H,3-7H2,1-2H3. The fourth-order valence-electron chi connectivity index (χ4n) is 2.38. The number of ether oxygens (including phenoxy) is 1. The zero-order valence-electron chi connectivity index (χ0n) is 7.47. The molecule has 2 aliphatic rings. The third kappa shape index (κ3) is 1.00. The molecule has 0 N–H and O–H groups in total. The van der Waals surface area contributed by atoms with E-state index in [1.54, 1.807) is 0 Å². The summed E-state index contributed by atoms with van der Waals surface area (Å²) < 4.78 is 5.44. The molecule has 0 aromatic rings. The lowest BCUT2D eigenvalue weighted by molar-refractivity contribution is -0.0437. The third-order valence-corrected chi connectivity index (χ3v) is 3.13. The van der Waals surface area contributed by atoms with Crippen LogP contribution in [0.25, 0.3) is 0 Å². The van der Waals surface area contributed by atoms with E-state index in [2.05, 4.69) is 18.7 Å². The molecule has 0 radical (unpaired) electrons. The van der Waals surface area contributed by atoms with E-state index in [1.807, 2.05) is 0 Å². The van der Waals surface area contributed by atoms with Gasteiger partial charge in [-0.1, -0.05) is 0 Å². The monoisotopic (exact) mass is 155 g/mol. The Labute approximate surface area is 68.5 Å². The van der Waals surface area contributed by atoms with E-state index >= 15 is 0 Å². The highest BCUT2D eigenvalue weighted by atomic mass is 16.5. The van der Waals surface area contributed by atoms with Gasteiger partial charge in [0, 0.05) is 24.7 Å². The summed E-state index contributed by atoms with van der Waals surface area (Å²) >= 11 is 0. The lowest BCUT2D eigenvalue weighted by Crippen LogP contribution is -2.62. The molecule has 0 saturated carbocycles. The molecule has 0 bridgehead atoms. The van der Waals surface area contributed by atoms with Crippen molar-refractivity contribution in [3.8, 4) is 0 Å². The highest BCUT2D eigenvalue weighted by molar-refractivity contribution is 5.03. The minimum Gasteiger partial charge on any atom is -0.379 e. The van der Waals surface area contributed by atoms with Crippen molar-refractivity contribution >= 4 is 0 Å². The summed E-state index contributed by atoms with van der Waals surface area (Å²) in [5.41, 5.74) is 0.466. The Balaban J connectivity index is 2.03. The van der Waals surface area contributed by atoms with Crippen LogP contribution in [0.5, 0.6) is 0 Å². The van der Waals surface area contributed by atoms with Gasteiger partial charge >= 0.3 is 0 Å². The van der Waals surface area contributed by atoms with Gasteiger partial charge in [0.1, 0.15) is 0 Å². The first-order valence-electron chi connectivity index (χ1n) is 4.59. The zero-order valence-corrected chi connectivity index (χ0v) is 7.47. The number of hydrogen-bond donors (Lipinski definition) is 0. The Morgan fingerprint density at radius 3 is 2.55 bits per heavy atom. The van der Waals surface area contributed by atoms with Crippen LogP contribution in [0.4, 0.5) is 0 Å².